The maximum atomic E-state index is 14.2. The molecule has 0 saturated carbocycles. The van der Waals surface area contributed by atoms with Gasteiger partial charge in [-0.25, -0.2) is 28.0 Å². The fourth-order valence-electron chi connectivity index (χ4n) is 3.31. The van der Waals surface area contributed by atoms with Crippen LogP contribution >= 0.6 is 0 Å². The lowest BCUT2D eigenvalue weighted by molar-refractivity contribution is 0.0636. The smallest absolute Gasteiger partial charge is 0.412 e. The van der Waals surface area contributed by atoms with Crippen molar-refractivity contribution in [1.29, 1.82) is 0 Å². The lowest BCUT2D eigenvalue weighted by atomic mass is 10.1. The molecular formula is C23H24F2N6O6. The van der Waals surface area contributed by atoms with Crippen molar-refractivity contribution in [1.82, 2.24) is 19.8 Å². The zero-order valence-electron chi connectivity index (χ0n) is 20.5. The van der Waals surface area contributed by atoms with E-state index < -0.39 is 52.7 Å². The van der Waals surface area contributed by atoms with E-state index in [4.69, 9.17) is 4.74 Å². The first-order valence-electron chi connectivity index (χ1n) is 10.9. The second-order valence-corrected chi connectivity index (χ2v) is 9.06. The molecule has 196 valence electrons. The largest absolute Gasteiger partial charge is 0.478 e. The van der Waals surface area contributed by atoms with E-state index in [0.717, 1.165) is 29.2 Å². The summed E-state index contributed by atoms with van der Waals surface area (Å²) >= 11 is 0. The number of amides is 2. The molecule has 0 saturated heterocycles. The number of anilines is 2. The molecule has 2 N–H and O–H groups in total. The third-order valence-corrected chi connectivity index (χ3v) is 4.78. The number of aromatic nitrogens is 4. The number of carboxylic acid groups (broad SMARTS) is 1. The summed E-state index contributed by atoms with van der Waals surface area (Å²) in [7, 11) is 0. The van der Waals surface area contributed by atoms with Crippen LogP contribution in [0.25, 0.3) is 5.69 Å². The van der Waals surface area contributed by atoms with Gasteiger partial charge in [-0.2, -0.15) is 4.68 Å². The van der Waals surface area contributed by atoms with Crippen molar-refractivity contribution in [3.8, 4) is 5.69 Å². The Bertz CT molecular complexity index is 1410. The summed E-state index contributed by atoms with van der Waals surface area (Å²) in [6, 6.07) is 4.91. The van der Waals surface area contributed by atoms with Crippen molar-refractivity contribution in [3.63, 3.8) is 0 Å². The molecule has 1 heterocycles. The molecule has 2 amide bonds. The average Bonchev–Trinajstić information content (AvgIpc) is 3.14. The molecule has 0 fully saturated rings. The molecule has 0 spiro atoms. The first-order valence-corrected chi connectivity index (χ1v) is 10.9. The van der Waals surface area contributed by atoms with Crippen molar-refractivity contribution in [3.05, 3.63) is 64.1 Å². The highest BCUT2D eigenvalue weighted by molar-refractivity contribution is 6.01. The topological polar surface area (TPSA) is 149 Å². The van der Waals surface area contributed by atoms with Gasteiger partial charge in [0.25, 0.3) is 0 Å². The van der Waals surface area contributed by atoms with Crippen LogP contribution in [0.2, 0.25) is 0 Å². The molecule has 12 nitrogen and oxygen atoms in total. The summed E-state index contributed by atoms with van der Waals surface area (Å²) < 4.78 is 34.0. The molecule has 3 rings (SSSR count). The van der Waals surface area contributed by atoms with Crippen molar-refractivity contribution in [2.45, 2.75) is 46.3 Å². The molecule has 0 radical (unpaired) electrons. The van der Waals surface area contributed by atoms with E-state index in [1.54, 1.807) is 34.6 Å². The van der Waals surface area contributed by atoms with Crippen LogP contribution < -0.4 is 15.9 Å². The van der Waals surface area contributed by atoms with Gasteiger partial charge in [0.05, 0.1) is 11.3 Å². The maximum absolute atomic E-state index is 14.2. The summed E-state index contributed by atoms with van der Waals surface area (Å²) in [5.41, 5.74) is -3.32. The Labute approximate surface area is 209 Å². The van der Waals surface area contributed by atoms with Crippen molar-refractivity contribution in [2.24, 2.45) is 0 Å². The number of ether oxygens (including phenoxy) is 1. The SMILES string of the molecule is CC(C)N(C(=O)n1nnn(-c2c(F)cccc2F)c1=O)c1ccc(NC(=O)OC(C)(C)C)c(C(=O)O)c1. The van der Waals surface area contributed by atoms with Gasteiger partial charge < -0.3 is 9.84 Å². The molecule has 0 bridgehead atoms. The van der Waals surface area contributed by atoms with Crippen LogP contribution in [0.4, 0.5) is 29.7 Å². The van der Waals surface area contributed by atoms with Crippen molar-refractivity contribution in [2.75, 3.05) is 10.2 Å². The number of rotatable bonds is 5. The third kappa shape index (κ3) is 5.79. The monoisotopic (exact) mass is 518 g/mol. The predicted octanol–water partition coefficient (Wildman–Crippen LogP) is 3.64. The molecule has 2 aromatic carbocycles. The number of hydrogen-bond donors (Lipinski definition) is 2. The number of aromatic carboxylic acids is 1. The summed E-state index contributed by atoms with van der Waals surface area (Å²) in [6.45, 7) is 8.07. The molecule has 1 aromatic heterocycles. The van der Waals surface area contributed by atoms with Gasteiger partial charge >= 0.3 is 23.8 Å². The number of tetrazole rings is 1. The van der Waals surface area contributed by atoms with Crippen LogP contribution in [-0.2, 0) is 4.74 Å². The fraction of sp³-hybridized carbons (Fsp3) is 0.304. The Morgan fingerprint density at radius 3 is 2.24 bits per heavy atom. The Hall–Kier alpha value is -4.62. The zero-order chi connectivity index (χ0) is 27.7. The van der Waals surface area contributed by atoms with Gasteiger partial charge in [-0.05, 0) is 75.4 Å². The Morgan fingerprint density at radius 1 is 1.08 bits per heavy atom. The Morgan fingerprint density at radius 2 is 1.70 bits per heavy atom. The highest BCUT2D eigenvalue weighted by atomic mass is 19.1. The van der Waals surface area contributed by atoms with Gasteiger partial charge in [0, 0.05) is 11.7 Å². The Kier molecular flexibility index (Phi) is 7.41. The van der Waals surface area contributed by atoms with Crippen LogP contribution in [0, 0.1) is 11.6 Å². The average molecular weight is 518 g/mol. The van der Waals surface area contributed by atoms with Crippen LogP contribution in [0.1, 0.15) is 45.0 Å². The number of carbonyl (C=O) groups excluding carboxylic acids is 2. The lowest BCUT2D eigenvalue weighted by Crippen LogP contribution is -2.44. The third-order valence-electron chi connectivity index (χ3n) is 4.78. The van der Waals surface area contributed by atoms with Crippen LogP contribution in [0.5, 0.6) is 0 Å². The van der Waals surface area contributed by atoms with E-state index in [1.807, 2.05) is 0 Å². The van der Waals surface area contributed by atoms with Crippen molar-refractivity contribution >= 4 is 29.5 Å². The number of hydrogen-bond acceptors (Lipinski definition) is 7. The molecule has 0 aliphatic carbocycles. The van der Waals surface area contributed by atoms with Crippen molar-refractivity contribution < 1.29 is 33.0 Å². The van der Waals surface area contributed by atoms with Crippen LogP contribution in [0.15, 0.2) is 41.2 Å². The van der Waals surface area contributed by atoms with Gasteiger partial charge in [0.2, 0.25) is 0 Å². The van der Waals surface area contributed by atoms with Gasteiger partial charge in [-0.1, -0.05) is 6.07 Å². The lowest BCUT2D eigenvalue weighted by Gasteiger charge is -2.26. The summed E-state index contributed by atoms with van der Waals surface area (Å²) in [6.07, 6.45) is -0.886. The van der Waals surface area contributed by atoms with E-state index in [0.29, 0.717) is 9.36 Å². The minimum atomic E-state index is -1.41. The quantitative estimate of drug-likeness (QED) is 0.487. The number of carboxylic acids is 1. The first-order chi connectivity index (χ1) is 17.2. The van der Waals surface area contributed by atoms with Gasteiger partial charge in [-0.15, -0.1) is 4.68 Å². The molecule has 0 unspecified atom stereocenters. The number of halogens is 2. The normalized spacial score (nSPS) is 11.4. The second kappa shape index (κ2) is 10.2. The number of para-hydroxylation sites is 1. The Balaban J connectivity index is 2.01. The summed E-state index contributed by atoms with van der Waals surface area (Å²) in [4.78, 5) is 51.1. The molecule has 0 aliphatic rings. The molecule has 37 heavy (non-hydrogen) atoms. The summed E-state index contributed by atoms with van der Waals surface area (Å²) in [5, 5.41) is 18.9. The minimum Gasteiger partial charge on any atom is -0.478 e. The maximum Gasteiger partial charge on any atom is 0.412 e. The van der Waals surface area contributed by atoms with Gasteiger partial charge in [0.15, 0.2) is 11.6 Å². The number of benzene rings is 2. The fourth-order valence-corrected chi connectivity index (χ4v) is 3.31. The van der Waals surface area contributed by atoms with E-state index in [2.05, 4.69) is 15.7 Å². The molecule has 0 atom stereocenters. The van der Waals surface area contributed by atoms with E-state index in [9.17, 15) is 33.1 Å². The first kappa shape index (κ1) is 27.0. The predicted molar refractivity (Wildman–Crippen MR) is 127 cm³/mol. The van der Waals surface area contributed by atoms with Gasteiger partial charge in [0.1, 0.15) is 11.3 Å². The van der Waals surface area contributed by atoms with E-state index in [-0.39, 0.29) is 16.9 Å². The van der Waals surface area contributed by atoms with E-state index in [1.165, 1.54) is 12.1 Å². The number of carbonyl (C=O) groups is 3. The summed E-state index contributed by atoms with van der Waals surface area (Å²) in [5.74, 6) is -3.61. The molecule has 0 aliphatic heterocycles. The van der Waals surface area contributed by atoms with Crippen LogP contribution in [-0.4, -0.2) is 54.6 Å². The van der Waals surface area contributed by atoms with Gasteiger partial charge in [-0.3, -0.25) is 10.2 Å². The minimum absolute atomic E-state index is 0.0330. The second-order valence-electron chi connectivity index (χ2n) is 9.06. The van der Waals surface area contributed by atoms with E-state index >= 15 is 0 Å². The highest BCUT2D eigenvalue weighted by Gasteiger charge is 2.28. The highest BCUT2D eigenvalue weighted by Crippen LogP contribution is 2.26. The van der Waals surface area contributed by atoms with Crippen LogP contribution in [0.3, 0.4) is 0 Å². The standard InChI is InChI=1S/C23H24F2N6O6/c1-12(2)29(13-9-10-17(14(11-13)19(32)33)26-20(34)37-23(3,4)5)21(35)31-22(36)30(27-28-31)18-15(24)7-6-8-16(18)25/h6-12H,1-5H3,(H,26,34)(H,32,33). The number of nitrogens with one attached hydrogen (secondary N) is 1. The molecule has 3 aromatic rings. The molecule has 14 heteroatoms. The molecular weight excluding hydrogens is 494 g/mol. The number of nitrogens with zero attached hydrogens (tertiary/aromatic N) is 5. The zero-order valence-corrected chi connectivity index (χ0v) is 20.5.